The molecule has 2 fully saturated rings. The lowest BCUT2D eigenvalue weighted by Gasteiger charge is -2.43. The van der Waals surface area contributed by atoms with Crippen LogP contribution in [0.2, 0.25) is 0 Å². The van der Waals surface area contributed by atoms with Gasteiger partial charge in [0.05, 0.1) is 10.9 Å². The van der Waals surface area contributed by atoms with Crippen LogP contribution in [0.4, 0.5) is 0 Å². The van der Waals surface area contributed by atoms with Crippen LogP contribution in [0.25, 0.3) is 10.9 Å². The number of amides is 1. The first-order valence-electron chi connectivity index (χ1n) is 8.14. The van der Waals surface area contributed by atoms with E-state index >= 15 is 0 Å². The van der Waals surface area contributed by atoms with Gasteiger partial charge in [-0.25, -0.2) is 4.98 Å². The summed E-state index contributed by atoms with van der Waals surface area (Å²) in [6.07, 6.45) is 4.45. The Hall–Kier alpha value is -2.21. The average molecular weight is 312 g/mol. The molecule has 1 amide bonds. The number of nitrogens with zero attached hydrogens (tertiary/aromatic N) is 1. The van der Waals surface area contributed by atoms with Crippen LogP contribution in [0, 0.1) is 6.92 Å². The SMILES string of the molecule is Cc1nc2cc(C(=O)NC3CCNC34CCC4)ccc2c(=O)[nH]1. The summed E-state index contributed by atoms with van der Waals surface area (Å²) in [5.41, 5.74) is 1.05. The molecule has 2 aromatic rings. The van der Waals surface area contributed by atoms with E-state index in [-0.39, 0.29) is 23.0 Å². The number of nitrogens with one attached hydrogen (secondary N) is 3. The van der Waals surface area contributed by atoms with Crippen LogP contribution >= 0.6 is 0 Å². The van der Waals surface area contributed by atoms with Crippen molar-refractivity contribution in [2.24, 2.45) is 0 Å². The molecule has 2 aliphatic rings. The molecule has 0 radical (unpaired) electrons. The molecule has 6 heteroatoms. The third-order valence-electron chi connectivity index (χ3n) is 5.22. The number of aryl methyl sites for hydroxylation is 1. The number of benzene rings is 1. The first kappa shape index (κ1) is 14.4. The van der Waals surface area contributed by atoms with Crippen molar-refractivity contribution in [1.82, 2.24) is 20.6 Å². The number of carbonyl (C=O) groups excluding carboxylic acids is 1. The molecule has 6 nitrogen and oxygen atoms in total. The lowest BCUT2D eigenvalue weighted by atomic mass is 9.73. The molecule has 4 rings (SSSR count). The van der Waals surface area contributed by atoms with Gasteiger partial charge in [-0.1, -0.05) is 0 Å². The second kappa shape index (κ2) is 5.16. The number of hydrogen-bond donors (Lipinski definition) is 3. The van der Waals surface area contributed by atoms with Crippen LogP contribution in [-0.2, 0) is 0 Å². The number of H-pyrrole nitrogens is 1. The van der Waals surface area contributed by atoms with Crippen molar-refractivity contribution in [3.8, 4) is 0 Å². The zero-order valence-corrected chi connectivity index (χ0v) is 13.1. The van der Waals surface area contributed by atoms with E-state index in [1.54, 1.807) is 25.1 Å². The Morgan fingerprint density at radius 2 is 2.22 bits per heavy atom. The van der Waals surface area contributed by atoms with Gasteiger partial charge < -0.3 is 15.6 Å². The van der Waals surface area contributed by atoms with Crippen LogP contribution < -0.4 is 16.2 Å². The first-order valence-corrected chi connectivity index (χ1v) is 8.14. The predicted octanol–water partition coefficient (Wildman–Crippen LogP) is 1.25. The molecule has 1 aliphatic heterocycles. The van der Waals surface area contributed by atoms with E-state index in [1.807, 2.05) is 0 Å². The summed E-state index contributed by atoms with van der Waals surface area (Å²) in [6.45, 7) is 2.69. The van der Waals surface area contributed by atoms with Crippen molar-refractivity contribution in [2.45, 2.75) is 44.2 Å². The van der Waals surface area contributed by atoms with E-state index in [0.717, 1.165) is 25.8 Å². The second-order valence-corrected chi connectivity index (χ2v) is 6.63. The fourth-order valence-corrected chi connectivity index (χ4v) is 3.80. The van der Waals surface area contributed by atoms with Gasteiger partial charge in [-0.05, 0) is 57.4 Å². The third kappa shape index (κ3) is 2.34. The molecule has 2 heterocycles. The number of fused-ring (bicyclic) bond motifs is 1. The van der Waals surface area contributed by atoms with Crippen molar-refractivity contribution in [3.63, 3.8) is 0 Å². The Labute approximate surface area is 133 Å². The van der Waals surface area contributed by atoms with Gasteiger partial charge in [-0.3, -0.25) is 9.59 Å². The highest BCUT2D eigenvalue weighted by molar-refractivity contribution is 5.97. The van der Waals surface area contributed by atoms with Crippen molar-refractivity contribution in [1.29, 1.82) is 0 Å². The van der Waals surface area contributed by atoms with Crippen molar-refractivity contribution >= 4 is 16.8 Å². The summed E-state index contributed by atoms with van der Waals surface area (Å²) in [4.78, 5) is 31.5. The first-order chi connectivity index (χ1) is 11.1. The van der Waals surface area contributed by atoms with Gasteiger partial charge in [0.2, 0.25) is 0 Å². The van der Waals surface area contributed by atoms with E-state index in [4.69, 9.17) is 0 Å². The maximum Gasteiger partial charge on any atom is 0.258 e. The maximum absolute atomic E-state index is 12.6. The smallest absolute Gasteiger partial charge is 0.258 e. The molecule has 1 aromatic heterocycles. The Kier molecular flexibility index (Phi) is 3.23. The quantitative estimate of drug-likeness (QED) is 0.779. The molecule has 1 aliphatic carbocycles. The summed E-state index contributed by atoms with van der Waals surface area (Å²) in [7, 11) is 0. The Balaban J connectivity index is 1.61. The number of aromatic amines is 1. The maximum atomic E-state index is 12.6. The van der Waals surface area contributed by atoms with Crippen molar-refractivity contribution in [2.75, 3.05) is 6.54 Å². The lowest BCUT2D eigenvalue weighted by molar-refractivity contribution is 0.0882. The normalized spacial score (nSPS) is 22.2. The molecule has 23 heavy (non-hydrogen) atoms. The van der Waals surface area contributed by atoms with Gasteiger partial charge in [0.1, 0.15) is 5.82 Å². The number of rotatable bonds is 2. The fourth-order valence-electron chi connectivity index (χ4n) is 3.80. The van der Waals surface area contributed by atoms with E-state index in [0.29, 0.717) is 22.3 Å². The van der Waals surface area contributed by atoms with Crippen LogP contribution in [0.5, 0.6) is 0 Å². The highest BCUT2D eigenvalue weighted by Gasteiger charge is 2.47. The van der Waals surface area contributed by atoms with Gasteiger partial charge in [-0.2, -0.15) is 0 Å². The van der Waals surface area contributed by atoms with E-state index in [2.05, 4.69) is 20.6 Å². The van der Waals surface area contributed by atoms with Gasteiger partial charge in [0, 0.05) is 17.1 Å². The summed E-state index contributed by atoms with van der Waals surface area (Å²) in [6, 6.07) is 5.25. The molecule has 1 spiro atoms. The monoisotopic (exact) mass is 312 g/mol. The predicted molar refractivity (Wildman–Crippen MR) is 87.6 cm³/mol. The Bertz CT molecular complexity index is 838. The van der Waals surface area contributed by atoms with Crippen LogP contribution in [0.1, 0.15) is 41.9 Å². The number of hydrogen-bond acceptors (Lipinski definition) is 4. The molecule has 1 saturated heterocycles. The number of aromatic nitrogens is 2. The number of carbonyl (C=O) groups is 1. The molecule has 1 atom stereocenters. The van der Waals surface area contributed by atoms with E-state index in [1.165, 1.54) is 6.42 Å². The highest BCUT2D eigenvalue weighted by atomic mass is 16.1. The second-order valence-electron chi connectivity index (χ2n) is 6.63. The summed E-state index contributed by atoms with van der Waals surface area (Å²) in [5.74, 6) is 0.458. The molecule has 1 aromatic carbocycles. The fraction of sp³-hybridized carbons (Fsp3) is 0.471. The minimum atomic E-state index is -0.173. The van der Waals surface area contributed by atoms with E-state index in [9.17, 15) is 9.59 Å². The zero-order valence-electron chi connectivity index (χ0n) is 13.1. The molecular formula is C17H20N4O2. The standard InChI is InChI=1S/C17H20N4O2/c1-10-19-13-9-11(3-4-12(13)16(23)20-10)15(22)21-14-5-8-18-17(14)6-2-7-17/h3-4,9,14,18H,2,5-8H2,1H3,(H,21,22)(H,19,20,23). The summed E-state index contributed by atoms with van der Waals surface area (Å²) in [5, 5.41) is 7.22. The lowest BCUT2D eigenvalue weighted by Crippen LogP contribution is -2.59. The third-order valence-corrected chi connectivity index (χ3v) is 5.22. The van der Waals surface area contributed by atoms with Crippen molar-refractivity contribution < 1.29 is 4.79 Å². The van der Waals surface area contributed by atoms with Crippen molar-refractivity contribution in [3.05, 3.63) is 39.9 Å². The molecular weight excluding hydrogens is 292 g/mol. The summed E-state index contributed by atoms with van der Waals surface area (Å²) >= 11 is 0. The highest BCUT2D eigenvalue weighted by Crippen LogP contribution is 2.39. The topological polar surface area (TPSA) is 86.9 Å². The van der Waals surface area contributed by atoms with Crippen LogP contribution in [-0.4, -0.2) is 34.0 Å². The molecule has 0 bridgehead atoms. The molecule has 120 valence electrons. The van der Waals surface area contributed by atoms with Gasteiger partial charge in [-0.15, -0.1) is 0 Å². The van der Waals surface area contributed by atoms with Crippen LogP contribution in [0.3, 0.4) is 0 Å². The minimum absolute atomic E-state index is 0.0911. The molecule has 1 unspecified atom stereocenters. The molecule has 1 saturated carbocycles. The van der Waals surface area contributed by atoms with Gasteiger partial charge in [0.25, 0.3) is 11.5 Å². The van der Waals surface area contributed by atoms with E-state index < -0.39 is 0 Å². The van der Waals surface area contributed by atoms with Gasteiger partial charge in [0.15, 0.2) is 0 Å². The largest absolute Gasteiger partial charge is 0.347 e. The van der Waals surface area contributed by atoms with Crippen LogP contribution in [0.15, 0.2) is 23.0 Å². The minimum Gasteiger partial charge on any atom is -0.347 e. The zero-order chi connectivity index (χ0) is 16.0. The summed E-state index contributed by atoms with van der Waals surface area (Å²) < 4.78 is 0. The Morgan fingerprint density at radius 3 is 2.96 bits per heavy atom. The average Bonchev–Trinajstić information content (AvgIpc) is 2.90. The molecule has 3 N–H and O–H groups in total. The Morgan fingerprint density at radius 1 is 1.39 bits per heavy atom. The van der Waals surface area contributed by atoms with Gasteiger partial charge >= 0.3 is 0 Å².